The molecule has 1 unspecified atom stereocenters. The Hall–Kier alpha value is -2.13. The van der Waals surface area contributed by atoms with E-state index in [1.54, 1.807) is 0 Å². The molecule has 2 aromatic rings. The van der Waals surface area contributed by atoms with Crippen molar-refractivity contribution >= 4 is 11.6 Å². The highest BCUT2D eigenvalue weighted by Gasteiger charge is 2.13. The summed E-state index contributed by atoms with van der Waals surface area (Å²) in [6.45, 7) is 2.43. The normalized spacial score (nSPS) is 11.9. The summed E-state index contributed by atoms with van der Waals surface area (Å²) in [4.78, 5) is 12.1. The number of carbonyl (C=O) groups is 1. The van der Waals surface area contributed by atoms with Crippen molar-refractivity contribution in [3.63, 3.8) is 0 Å². The molecule has 2 aromatic carbocycles. The number of hydrogen-bond acceptors (Lipinski definition) is 2. The predicted octanol–water partition coefficient (Wildman–Crippen LogP) is 3.20. The van der Waals surface area contributed by atoms with Gasteiger partial charge in [0.2, 0.25) is 5.91 Å². The maximum atomic E-state index is 12.1. The average Bonchev–Trinajstić information content (AvgIpc) is 2.50. The Kier molecular flexibility index (Phi) is 5.52. The van der Waals surface area contributed by atoms with E-state index >= 15 is 0 Å². The van der Waals surface area contributed by atoms with Crippen molar-refractivity contribution in [1.29, 1.82) is 0 Å². The van der Waals surface area contributed by atoms with E-state index in [0.29, 0.717) is 13.0 Å². The molecule has 2 rings (SSSR count). The second-order valence-electron chi connectivity index (χ2n) is 5.29. The van der Waals surface area contributed by atoms with Crippen molar-refractivity contribution in [2.75, 3.05) is 11.9 Å². The van der Waals surface area contributed by atoms with Gasteiger partial charge in [-0.25, -0.2) is 0 Å². The van der Waals surface area contributed by atoms with Crippen LogP contribution in [0.5, 0.6) is 0 Å². The van der Waals surface area contributed by atoms with Crippen LogP contribution in [-0.4, -0.2) is 12.5 Å². The number of hydrogen-bond donors (Lipinski definition) is 2. The van der Waals surface area contributed by atoms with Crippen LogP contribution in [0.15, 0.2) is 54.6 Å². The molecule has 1 atom stereocenters. The van der Waals surface area contributed by atoms with E-state index < -0.39 is 0 Å². The van der Waals surface area contributed by atoms with Crippen LogP contribution < -0.4 is 11.1 Å². The second kappa shape index (κ2) is 7.60. The zero-order chi connectivity index (χ0) is 15.1. The van der Waals surface area contributed by atoms with Crippen LogP contribution in [0.4, 0.5) is 5.69 Å². The fourth-order valence-corrected chi connectivity index (χ4v) is 2.25. The maximum absolute atomic E-state index is 12.1. The van der Waals surface area contributed by atoms with Crippen molar-refractivity contribution in [2.24, 2.45) is 11.7 Å². The summed E-state index contributed by atoms with van der Waals surface area (Å²) in [5.41, 5.74) is 8.75. The molecule has 0 fully saturated rings. The number of carbonyl (C=O) groups excluding carboxylic acids is 1. The summed E-state index contributed by atoms with van der Waals surface area (Å²) < 4.78 is 0. The number of para-hydroxylation sites is 1. The van der Waals surface area contributed by atoms with E-state index in [4.69, 9.17) is 5.73 Å². The molecule has 21 heavy (non-hydrogen) atoms. The van der Waals surface area contributed by atoms with Crippen molar-refractivity contribution in [3.8, 4) is 0 Å². The molecule has 0 aliphatic heterocycles. The quantitative estimate of drug-likeness (QED) is 0.855. The molecule has 0 radical (unpaired) electrons. The first-order chi connectivity index (χ1) is 10.2. The maximum Gasteiger partial charge on any atom is 0.227 e. The van der Waals surface area contributed by atoms with Gasteiger partial charge in [-0.15, -0.1) is 0 Å². The van der Waals surface area contributed by atoms with Gasteiger partial charge in [0.15, 0.2) is 0 Å². The van der Waals surface area contributed by atoms with Crippen LogP contribution in [0.25, 0.3) is 0 Å². The van der Waals surface area contributed by atoms with Crippen molar-refractivity contribution in [2.45, 2.75) is 19.8 Å². The van der Waals surface area contributed by atoms with Gasteiger partial charge in [0.05, 0.1) is 0 Å². The smallest absolute Gasteiger partial charge is 0.227 e. The topological polar surface area (TPSA) is 55.1 Å². The Morgan fingerprint density at radius 1 is 1.10 bits per heavy atom. The van der Waals surface area contributed by atoms with Gasteiger partial charge in [-0.1, -0.05) is 55.5 Å². The minimum Gasteiger partial charge on any atom is -0.330 e. The molecule has 3 nitrogen and oxygen atoms in total. The number of amides is 1. The second-order valence-corrected chi connectivity index (χ2v) is 5.29. The summed E-state index contributed by atoms with van der Waals surface area (Å²) in [5, 5.41) is 3.02. The molecule has 0 aliphatic rings. The van der Waals surface area contributed by atoms with Crippen LogP contribution in [0, 0.1) is 5.92 Å². The Labute approximate surface area is 126 Å². The molecule has 1 amide bonds. The zero-order valence-electron chi connectivity index (χ0n) is 12.4. The lowest BCUT2D eigenvalue weighted by Crippen LogP contribution is -2.23. The third kappa shape index (κ3) is 4.43. The predicted molar refractivity (Wildman–Crippen MR) is 87.2 cm³/mol. The lowest BCUT2D eigenvalue weighted by molar-refractivity contribution is -0.119. The Balaban J connectivity index is 2.12. The molecule has 0 spiro atoms. The van der Waals surface area contributed by atoms with Crippen molar-refractivity contribution in [3.05, 3.63) is 65.7 Å². The van der Waals surface area contributed by atoms with E-state index in [2.05, 4.69) is 23.5 Å². The van der Waals surface area contributed by atoms with Gasteiger partial charge in [-0.3, -0.25) is 4.79 Å². The molecule has 0 aliphatic carbocycles. The minimum atomic E-state index is -0.0696. The summed E-state index contributed by atoms with van der Waals surface area (Å²) in [6.07, 6.45) is 1.51. The third-order valence-electron chi connectivity index (χ3n) is 3.56. The first-order valence-electron chi connectivity index (χ1n) is 7.33. The van der Waals surface area contributed by atoms with Gasteiger partial charge in [0.25, 0.3) is 0 Å². The molecule has 110 valence electrons. The van der Waals surface area contributed by atoms with Gasteiger partial charge < -0.3 is 11.1 Å². The van der Waals surface area contributed by atoms with Crippen LogP contribution in [-0.2, 0) is 11.2 Å². The molecule has 0 bridgehead atoms. The van der Waals surface area contributed by atoms with Crippen LogP contribution in [0.1, 0.15) is 24.5 Å². The highest BCUT2D eigenvalue weighted by atomic mass is 16.1. The number of nitrogens with one attached hydrogen (secondary N) is 1. The van der Waals surface area contributed by atoms with Crippen LogP contribution in [0.3, 0.4) is 0 Å². The molecule has 3 heteroatoms. The van der Waals surface area contributed by atoms with E-state index in [1.807, 2.05) is 43.3 Å². The van der Waals surface area contributed by atoms with E-state index in [-0.39, 0.29) is 11.8 Å². The monoisotopic (exact) mass is 282 g/mol. The standard InChI is InChI=1S/C18H22N2O/c1-14(11-12-19)18(21)20-17-10-6-5-9-16(17)13-15-7-3-2-4-8-15/h2-10,14H,11-13,19H2,1H3,(H,20,21). The molecule has 0 saturated carbocycles. The SMILES string of the molecule is CC(CCN)C(=O)Nc1ccccc1Cc1ccccc1. The fourth-order valence-electron chi connectivity index (χ4n) is 2.25. The molecule has 0 heterocycles. The average molecular weight is 282 g/mol. The highest BCUT2D eigenvalue weighted by Crippen LogP contribution is 2.20. The fraction of sp³-hybridized carbons (Fsp3) is 0.278. The van der Waals surface area contributed by atoms with Crippen LogP contribution in [0.2, 0.25) is 0 Å². The largest absolute Gasteiger partial charge is 0.330 e. The van der Waals surface area contributed by atoms with Gasteiger partial charge in [-0.2, -0.15) is 0 Å². The highest BCUT2D eigenvalue weighted by molar-refractivity contribution is 5.93. The first-order valence-corrected chi connectivity index (χ1v) is 7.33. The lowest BCUT2D eigenvalue weighted by Gasteiger charge is -2.14. The van der Waals surface area contributed by atoms with Gasteiger partial charge in [0.1, 0.15) is 0 Å². The summed E-state index contributed by atoms with van der Waals surface area (Å²) >= 11 is 0. The number of nitrogens with two attached hydrogens (primary N) is 1. The Bertz CT molecular complexity index is 581. The summed E-state index contributed by atoms with van der Waals surface area (Å²) in [7, 11) is 0. The zero-order valence-corrected chi connectivity index (χ0v) is 12.4. The van der Waals surface area contributed by atoms with Crippen LogP contribution >= 0.6 is 0 Å². The number of anilines is 1. The van der Waals surface area contributed by atoms with E-state index in [0.717, 1.165) is 17.7 Å². The van der Waals surface area contributed by atoms with Crippen molar-refractivity contribution < 1.29 is 4.79 Å². The summed E-state index contributed by atoms with van der Waals surface area (Å²) in [6, 6.07) is 18.2. The molecular weight excluding hydrogens is 260 g/mol. The summed E-state index contributed by atoms with van der Waals surface area (Å²) in [5.74, 6) is -0.0410. The van der Waals surface area contributed by atoms with E-state index in [9.17, 15) is 4.79 Å². The lowest BCUT2D eigenvalue weighted by atomic mass is 10.0. The van der Waals surface area contributed by atoms with Gasteiger partial charge >= 0.3 is 0 Å². The minimum absolute atomic E-state index is 0.0287. The Morgan fingerprint density at radius 3 is 2.48 bits per heavy atom. The van der Waals surface area contributed by atoms with Crippen molar-refractivity contribution in [1.82, 2.24) is 0 Å². The molecule has 0 saturated heterocycles. The van der Waals surface area contributed by atoms with E-state index in [1.165, 1.54) is 5.56 Å². The first kappa shape index (κ1) is 15.3. The molecule has 3 N–H and O–H groups in total. The molecule has 0 aromatic heterocycles. The molecular formula is C18H22N2O. The van der Waals surface area contributed by atoms with Gasteiger partial charge in [0, 0.05) is 11.6 Å². The number of benzene rings is 2. The third-order valence-corrected chi connectivity index (χ3v) is 3.56. The number of rotatable bonds is 6. The Morgan fingerprint density at radius 2 is 1.76 bits per heavy atom. The van der Waals surface area contributed by atoms with Gasteiger partial charge in [-0.05, 0) is 36.6 Å².